The number of rotatable bonds is 18. The summed E-state index contributed by atoms with van der Waals surface area (Å²) in [5, 5.41) is 0. The van der Waals surface area contributed by atoms with E-state index in [1.54, 1.807) is 52.0 Å². The number of fused-ring (bicyclic) bond motifs is 2. The molecule has 1 aromatic carbocycles. The van der Waals surface area contributed by atoms with E-state index in [-0.39, 0.29) is 46.5 Å². The van der Waals surface area contributed by atoms with Gasteiger partial charge in [0.05, 0.1) is 37.4 Å². The van der Waals surface area contributed by atoms with Gasteiger partial charge < -0.3 is 44.6 Å². The van der Waals surface area contributed by atoms with Crippen molar-refractivity contribution in [3.63, 3.8) is 0 Å². The van der Waals surface area contributed by atoms with Crippen molar-refractivity contribution in [2.45, 2.75) is 76.6 Å². The zero-order valence-electron chi connectivity index (χ0n) is 34.5. The van der Waals surface area contributed by atoms with Gasteiger partial charge in [-0.3, -0.25) is 27.5 Å². The molecule has 0 bridgehead atoms. The lowest BCUT2D eigenvalue weighted by Crippen LogP contribution is -2.34. The highest BCUT2D eigenvalue weighted by molar-refractivity contribution is 8.54. The number of methoxy groups -OCH3 is 1. The molecule has 0 spiro atoms. The van der Waals surface area contributed by atoms with Crippen LogP contribution in [0.3, 0.4) is 0 Å². The predicted octanol–water partition coefficient (Wildman–Crippen LogP) is 5.11. The molecular weight excluding hydrogens is 896 g/mol. The molecule has 63 heavy (non-hydrogen) atoms. The normalized spacial score (nSPS) is 25.9. The van der Waals surface area contributed by atoms with Gasteiger partial charge in [-0.25, -0.2) is 43.2 Å². The lowest BCUT2D eigenvalue weighted by Gasteiger charge is -2.27. The molecule has 0 amide bonds. The fourth-order valence-electron chi connectivity index (χ4n) is 6.55. The van der Waals surface area contributed by atoms with Gasteiger partial charge in [-0.05, 0) is 49.8 Å². The third kappa shape index (κ3) is 10.4. The third-order valence-electron chi connectivity index (χ3n) is 9.99. The SMILES string of the molecule is COCP(=O)(O)OC[C@H]1O[C@@H](n2cnc3c(N)ncnc32)[C@H](F)[C@@H]1OP(=O)(OC[C@H]1O[C@@H](n2cnc3c(N)ncnc32)[C@H](F)[C@@H]1C)SCc1ccc(OCOC(=O)C(C)(C)C)cc1. The minimum atomic E-state index is -4.56. The highest BCUT2D eigenvalue weighted by Gasteiger charge is 2.52. The monoisotopic (exact) mass is 942 g/mol. The number of anilines is 2. The maximum atomic E-state index is 16.9. The summed E-state index contributed by atoms with van der Waals surface area (Å²) in [6.07, 6.45) is -6.63. The fraction of sp³-hybridized carbons (Fsp3) is 0.528. The molecule has 22 nitrogen and oxygen atoms in total. The second kappa shape index (κ2) is 19.0. The number of esters is 1. The number of nitrogen functional groups attached to an aromatic ring is 2. The lowest BCUT2D eigenvalue weighted by atomic mass is 9.98. The molecule has 6 heterocycles. The summed E-state index contributed by atoms with van der Waals surface area (Å²) in [5.41, 5.74) is 12.5. The van der Waals surface area contributed by atoms with Gasteiger partial charge in [0.1, 0.15) is 48.0 Å². The molecule has 0 aliphatic carbocycles. The molecule has 7 rings (SSSR count). The first-order valence-corrected chi connectivity index (χ1v) is 24.1. The standard InChI is InChI=1S/C36H46F2N10O12P2S/c1-19-22(58-33(24(19)37)47-15-45-26-29(39)41-13-43-31(26)47)10-57-62(52,63-12-20-6-8-21(9-7-20)54-17-55-35(49)36(2,3)4)60-28-23(11-56-61(50,51)18-53-5)59-34(25(28)38)48-16-46-27-30(40)42-14-44-32(27)48/h6-9,13-16,19,22-25,28,33-34H,10-12,17-18H2,1-5H3,(H,50,51)(H2,39,41,43)(H2,40,42,44)/t19-,22-,23-,24-,25-,28-,33-,34-,62?/m1/s1. The molecule has 2 fully saturated rings. The van der Waals surface area contributed by atoms with Gasteiger partial charge in [0.15, 0.2) is 47.7 Å². The zero-order chi connectivity index (χ0) is 45.3. The molecule has 0 saturated carbocycles. The third-order valence-corrected chi connectivity index (χ3v) is 14.8. The molecule has 5 aromatic rings. The number of aromatic nitrogens is 8. The van der Waals surface area contributed by atoms with Crippen LogP contribution in [-0.2, 0) is 52.2 Å². The number of carbonyl (C=O) groups is 1. The van der Waals surface area contributed by atoms with E-state index < -0.39 is 94.4 Å². The van der Waals surface area contributed by atoms with E-state index in [1.807, 2.05) is 0 Å². The molecule has 0 radical (unpaired) electrons. The second-order valence-electron chi connectivity index (χ2n) is 15.6. The van der Waals surface area contributed by atoms with E-state index in [4.69, 9.17) is 48.7 Å². The molecule has 5 N–H and O–H groups in total. The number of hydrogen-bond acceptors (Lipinski definition) is 20. The Balaban J connectivity index is 1.13. The molecule has 2 aliphatic rings. The molecule has 342 valence electrons. The van der Waals surface area contributed by atoms with Crippen molar-refractivity contribution in [3.8, 4) is 5.75 Å². The number of carbonyl (C=O) groups excluding carboxylic acids is 1. The number of nitrogens with two attached hydrogens (primary N) is 2. The lowest BCUT2D eigenvalue weighted by molar-refractivity contribution is -0.159. The van der Waals surface area contributed by atoms with E-state index in [1.165, 1.54) is 35.2 Å². The molecular formula is C36H46F2N10O12P2S. The van der Waals surface area contributed by atoms with E-state index >= 15 is 13.3 Å². The second-order valence-corrected chi connectivity index (χ2v) is 21.4. The number of alkyl halides is 2. The molecule has 2 unspecified atom stereocenters. The maximum absolute atomic E-state index is 16.9. The van der Waals surface area contributed by atoms with Gasteiger partial charge in [-0.2, -0.15) is 0 Å². The largest absolute Gasteiger partial charge is 0.457 e. The quantitative estimate of drug-likeness (QED) is 0.0584. The number of nitrogens with zero attached hydrogens (tertiary/aromatic N) is 8. The number of ether oxygens (including phenoxy) is 5. The predicted molar refractivity (Wildman–Crippen MR) is 221 cm³/mol. The topological polar surface area (TPSA) is 285 Å². The van der Waals surface area contributed by atoms with Crippen LogP contribution in [0.2, 0.25) is 0 Å². The first kappa shape index (κ1) is 46.6. The van der Waals surface area contributed by atoms with Crippen molar-refractivity contribution in [2.75, 3.05) is 44.9 Å². The van der Waals surface area contributed by atoms with E-state index in [0.29, 0.717) is 22.7 Å². The summed E-state index contributed by atoms with van der Waals surface area (Å²) in [6, 6.07) is 6.50. The van der Waals surface area contributed by atoms with Crippen LogP contribution in [0.5, 0.6) is 5.75 Å². The summed E-state index contributed by atoms with van der Waals surface area (Å²) in [6.45, 7) is 0.608. The van der Waals surface area contributed by atoms with Crippen molar-refractivity contribution < 1.29 is 64.9 Å². The number of imidazole rings is 2. The Hall–Kier alpha value is -4.42. The Morgan fingerprint density at radius 2 is 1.44 bits per heavy atom. The summed E-state index contributed by atoms with van der Waals surface area (Å²) < 4.78 is 108. The molecule has 27 heteroatoms. The first-order valence-electron chi connectivity index (χ1n) is 19.2. The molecule has 10 atom stereocenters. The van der Waals surface area contributed by atoms with Gasteiger partial charge in [0.2, 0.25) is 6.79 Å². The van der Waals surface area contributed by atoms with Crippen LogP contribution in [0.1, 0.15) is 45.7 Å². The van der Waals surface area contributed by atoms with Crippen LogP contribution >= 0.6 is 25.8 Å². The van der Waals surface area contributed by atoms with Gasteiger partial charge in [-0.15, -0.1) is 0 Å². The van der Waals surface area contributed by atoms with Crippen LogP contribution in [0.25, 0.3) is 22.3 Å². The summed E-state index contributed by atoms with van der Waals surface area (Å²) in [5.74, 6) is -0.848. The Morgan fingerprint density at radius 3 is 2.03 bits per heavy atom. The molecule has 4 aromatic heterocycles. The van der Waals surface area contributed by atoms with Crippen LogP contribution in [0, 0.1) is 11.3 Å². The summed E-state index contributed by atoms with van der Waals surface area (Å²) in [7, 11) is -3.19. The maximum Gasteiger partial charge on any atom is 0.389 e. The van der Waals surface area contributed by atoms with E-state index in [0.717, 1.165) is 6.33 Å². The number of halogens is 2. The van der Waals surface area contributed by atoms with Crippen LogP contribution in [-0.4, -0.2) is 114 Å². The van der Waals surface area contributed by atoms with E-state index in [2.05, 4.69) is 29.9 Å². The summed E-state index contributed by atoms with van der Waals surface area (Å²) >= 11 is 0.683. The average molecular weight is 943 g/mol. The zero-order valence-corrected chi connectivity index (χ0v) is 37.1. The first-order chi connectivity index (χ1) is 29.9. The number of benzene rings is 1. The van der Waals surface area contributed by atoms with Crippen LogP contribution in [0.4, 0.5) is 20.4 Å². The van der Waals surface area contributed by atoms with Crippen molar-refractivity contribution in [1.82, 2.24) is 39.0 Å². The van der Waals surface area contributed by atoms with Crippen molar-refractivity contribution in [1.29, 1.82) is 0 Å². The Bertz CT molecular complexity index is 2500. The number of hydrogen-bond donors (Lipinski definition) is 3. The average Bonchev–Trinajstić information content (AvgIpc) is 4.01. The Labute approximate surface area is 362 Å². The van der Waals surface area contributed by atoms with Gasteiger partial charge in [-0.1, -0.05) is 19.1 Å². The minimum Gasteiger partial charge on any atom is -0.457 e. The molecule has 2 aliphatic heterocycles. The van der Waals surface area contributed by atoms with Crippen molar-refractivity contribution >= 4 is 65.7 Å². The van der Waals surface area contributed by atoms with Crippen LogP contribution < -0.4 is 16.2 Å². The summed E-state index contributed by atoms with van der Waals surface area (Å²) in [4.78, 5) is 47.0. The van der Waals surface area contributed by atoms with E-state index in [9.17, 15) is 14.3 Å². The fourth-order valence-corrected chi connectivity index (χ4v) is 10.7. The van der Waals surface area contributed by atoms with Crippen molar-refractivity contribution in [2.24, 2.45) is 11.3 Å². The van der Waals surface area contributed by atoms with Gasteiger partial charge >= 0.3 is 20.4 Å². The molecule has 2 saturated heterocycles. The Morgan fingerprint density at radius 1 is 0.873 bits per heavy atom. The highest BCUT2D eigenvalue weighted by atomic mass is 32.7. The van der Waals surface area contributed by atoms with Gasteiger partial charge in [0, 0.05) is 18.8 Å². The van der Waals surface area contributed by atoms with Crippen molar-refractivity contribution in [3.05, 3.63) is 55.1 Å². The van der Waals surface area contributed by atoms with Gasteiger partial charge in [0.25, 0.3) is 0 Å². The minimum absolute atomic E-state index is 0.0123. The Kier molecular flexibility index (Phi) is 14.0. The highest BCUT2D eigenvalue weighted by Crippen LogP contribution is 2.64. The smallest absolute Gasteiger partial charge is 0.389 e. The van der Waals surface area contributed by atoms with Crippen LogP contribution in [0.15, 0.2) is 49.6 Å².